The third-order valence-electron chi connectivity index (χ3n) is 4.03. The molecule has 0 atom stereocenters. The number of aryl methyl sites for hydroxylation is 1. The van der Waals surface area contributed by atoms with Gasteiger partial charge >= 0.3 is 0 Å². The Labute approximate surface area is 157 Å². The molecule has 2 aromatic rings. The molecular weight excluding hydrogens is 374 g/mol. The van der Waals surface area contributed by atoms with E-state index in [1.165, 1.54) is 12.4 Å². The Morgan fingerprint density at radius 1 is 1.23 bits per heavy atom. The molecule has 0 aliphatic carbocycles. The maximum absolute atomic E-state index is 12.5. The van der Waals surface area contributed by atoms with E-state index in [2.05, 4.69) is 9.71 Å². The molecule has 3 rings (SSSR count). The van der Waals surface area contributed by atoms with Crippen LogP contribution in [0.1, 0.15) is 29.3 Å². The molecule has 0 saturated carbocycles. The van der Waals surface area contributed by atoms with Crippen LogP contribution in [0.4, 0.5) is 11.4 Å². The Hall–Kier alpha value is -2.38. The summed E-state index contributed by atoms with van der Waals surface area (Å²) >= 11 is 6.07. The number of carbonyl (C=O) groups is 1. The van der Waals surface area contributed by atoms with Gasteiger partial charge in [0.05, 0.1) is 5.69 Å². The van der Waals surface area contributed by atoms with E-state index in [1.807, 2.05) is 13.8 Å². The number of benzene rings is 2. The maximum Gasteiger partial charge on any atom is 0.285 e. The minimum atomic E-state index is -3.81. The van der Waals surface area contributed by atoms with Gasteiger partial charge in [0.1, 0.15) is 11.2 Å². The van der Waals surface area contributed by atoms with Gasteiger partial charge in [-0.25, -0.2) is 0 Å². The molecule has 6 nitrogen and oxygen atoms in total. The fourth-order valence-electron chi connectivity index (χ4n) is 2.63. The molecule has 0 unspecified atom stereocenters. The molecule has 1 aliphatic heterocycles. The summed E-state index contributed by atoms with van der Waals surface area (Å²) < 4.78 is 28.2. The van der Waals surface area contributed by atoms with E-state index in [0.29, 0.717) is 22.9 Å². The smallest absolute Gasteiger partial charge is 0.285 e. The van der Waals surface area contributed by atoms with E-state index in [4.69, 9.17) is 11.6 Å². The molecule has 0 radical (unpaired) electrons. The second kappa shape index (κ2) is 7.09. The number of fused-ring (bicyclic) bond motifs is 1. The maximum atomic E-state index is 12.5. The van der Waals surface area contributed by atoms with E-state index >= 15 is 0 Å². The molecule has 1 aliphatic rings. The van der Waals surface area contributed by atoms with Gasteiger partial charge in [-0.2, -0.15) is 8.42 Å². The zero-order chi connectivity index (χ0) is 18.9. The highest BCUT2D eigenvalue weighted by molar-refractivity contribution is 7.90. The van der Waals surface area contributed by atoms with Gasteiger partial charge in [-0.15, -0.1) is 4.40 Å². The molecule has 0 spiro atoms. The summed E-state index contributed by atoms with van der Waals surface area (Å²) in [6.45, 7) is 4.50. The number of hydrogen-bond donors (Lipinski definition) is 1. The molecule has 26 heavy (non-hydrogen) atoms. The molecule has 136 valence electrons. The van der Waals surface area contributed by atoms with Crippen molar-refractivity contribution in [2.75, 3.05) is 16.8 Å². The number of anilines is 2. The van der Waals surface area contributed by atoms with Gasteiger partial charge in [-0.05, 0) is 49.2 Å². The lowest BCUT2D eigenvalue weighted by molar-refractivity contribution is 0.102. The van der Waals surface area contributed by atoms with Gasteiger partial charge in [0, 0.05) is 22.8 Å². The molecule has 2 aromatic carbocycles. The lowest BCUT2D eigenvalue weighted by atomic mass is 10.1. The van der Waals surface area contributed by atoms with Gasteiger partial charge in [0.2, 0.25) is 0 Å². The molecule has 0 saturated heterocycles. The molecule has 0 fully saturated rings. The minimum Gasteiger partial charge on any atom is -0.331 e. The Morgan fingerprint density at radius 2 is 2.00 bits per heavy atom. The molecule has 8 heteroatoms. The summed E-state index contributed by atoms with van der Waals surface area (Å²) in [5, 5.41) is 3.27. The van der Waals surface area contributed by atoms with Crippen LogP contribution in [-0.2, 0) is 10.0 Å². The van der Waals surface area contributed by atoms with Crippen molar-refractivity contribution in [3.05, 3.63) is 52.5 Å². The standard InChI is InChI=1S/C18H18ClN3O3S/c1-3-8-22-11-20-26(24,25)17-9-13(5-7-16(17)22)18(23)21-14-6-4-12(2)15(19)10-14/h4-7,9-11H,3,8H2,1-2H3,(H,21,23). The summed E-state index contributed by atoms with van der Waals surface area (Å²) in [5.41, 5.74) is 2.20. The average Bonchev–Trinajstić information content (AvgIpc) is 2.60. The van der Waals surface area contributed by atoms with E-state index in [0.717, 1.165) is 12.0 Å². The number of nitrogens with one attached hydrogen (secondary N) is 1. The van der Waals surface area contributed by atoms with Crippen molar-refractivity contribution in [3.8, 4) is 0 Å². The monoisotopic (exact) mass is 391 g/mol. The van der Waals surface area contributed by atoms with E-state index < -0.39 is 15.9 Å². The molecule has 0 aromatic heterocycles. The van der Waals surface area contributed by atoms with Crippen molar-refractivity contribution >= 4 is 45.2 Å². The highest BCUT2D eigenvalue weighted by Crippen LogP contribution is 2.31. The van der Waals surface area contributed by atoms with Crippen LogP contribution in [0.5, 0.6) is 0 Å². The average molecular weight is 392 g/mol. The van der Waals surface area contributed by atoms with Crippen LogP contribution in [0.3, 0.4) is 0 Å². The molecular formula is C18H18ClN3O3S. The van der Waals surface area contributed by atoms with E-state index in [9.17, 15) is 13.2 Å². The van der Waals surface area contributed by atoms with E-state index in [1.54, 1.807) is 35.2 Å². The van der Waals surface area contributed by atoms with Crippen molar-refractivity contribution in [2.24, 2.45) is 4.40 Å². The van der Waals surface area contributed by atoms with Crippen LogP contribution >= 0.6 is 11.6 Å². The Bertz CT molecular complexity index is 1000. The van der Waals surface area contributed by atoms with Crippen molar-refractivity contribution in [2.45, 2.75) is 25.2 Å². The molecule has 1 heterocycles. The van der Waals surface area contributed by atoms with Crippen molar-refractivity contribution < 1.29 is 13.2 Å². The first-order chi connectivity index (χ1) is 12.3. The number of sulfonamides is 1. The summed E-state index contributed by atoms with van der Waals surface area (Å²) in [6, 6.07) is 9.77. The summed E-state index contributed by atoms with van der Waals surface area (Å²) in [5.74, 6) is -0.417. The fourth-order valence-corrected chi connectivity index (χ4v) is 3.89. The summed E-state index contributed by atoms with van der Waals surface area (Å²) in [4.78, 5) is 14.3. The summed E-state index contributed by atoms with van der Waals surface area (Å²) in [7, 11) is -3.81. The van der Waals surface area contributed by atoms with Crippen molar-refractivity contribution in [1.82, 2.24) is 0 Å². The third-order valence-corrected chi connectivity index (χ3v) is 5.69. The second-order valence-electron chi connectivity index (χ2n) is 5.99. The lowest BCUT2D eigenvalue weighted by Gasteiger charge is -2.25. The van der Waals surface area contributed by atoms with Crippen LogP contribution in [0, 0.1) is 6.92 Å². The van der Waals surface area contributed by atoms with Crippen LogP contribution in [0.25, 0.3) is 0 Å². The number of hydrogen-bond acceptors (Lipinski definition) is 4. The highest BCUT2D eigenvalue weighted by atomic mass is 35.5. The first kappa shape index (κ1) is 18.4. The quantitative estimate of drug-likeness (QED) is 0.858. The number of halogens is 1. The number of carbonyl (C=O) groups excluding carboxylic acids is 1. The van der Waals surface area contributed by atoms with Crippen LogP contribution in [0.2, 0.25) is 5.02 Å². The van der Waals surface area contributed by atoms with Gasteiger partial charge in [-0.3, -0.25) is 4.79 Å². The van der Waals surface area contributed by atoms with Crippen molar-refractivity contribution in [1.29, 1.82) is 0 Å². The second-order valence-corrected chi connectivity index (χ2v) is 8.00. The topological polar surface area (TPSA) is 78.8 Å². The number of rotatable bonds is 4. The molecule has 1 amide bonds. The zero-order valence-corrected chi connectivity index (χ0v) is 15.9. The first-order valence-electron chi connectivity index (χ1n) is 8.10. The van der Waals surface area contributed by atoms with Gasteiger partial charge in [-0.1, -0.05) is 24.6 Å². The van der Waals surface area contributed by atoms with Crippen LogP contribution in [-0.4, -0.2) is 27.2 Å². The van der Waals surface area contributed by atoms with Crippen LogP contribution < -0.4 is 10.2 Å². The molecule has 0 bridgehead atoms. The summed E-state index contributed by atoms with van der Waals surface area (Å²) in [6.07, 6.45) is 2.15. The van der Waals surface area contributed by atoms with E-state index in [-0.39, 0.29) is 10.5 Å². The predicted octanol–water partition coefficient (Wildman–Crippen LogP) is 3.85. The lowest BCUT2D eigenvalue weighted by Crippen LogP contribution is -2.28. The highest BCUT2D eigenvalue weighted by Gasteiger charge is 2.26. The molecule has 1 N–H and O–H groups in total. The van der Waals surface area contributed by atoms with Crippen molar-refractivity contribution in [3.63, 3.8) is 0 Å². The SMILES string of the molecule is CCCN1C=NS(=O)(=O)c2cc(C(=O)Nc3ccc(C)c(Cl)c3)ccc21. The Morgan fingerprint density at radius 3 is 2.69 bits per heavy atom. The van der Waals surface area contributed by atoms with Gasteiger partial charge in [0.15, 0.2) is 0 Å². The van der Waals surface area contributed by atoms with Gasteiger partial charge in [0.25, 0.3) is 15.9 Å². The third kappa shape index (κ3) is 3.59. The number of nitrogens with zero attached hydrogens (tertiary/aromatic N) is 2. The minimum absolute atomic E-state index is 0.0306. The first-order valence-corrected chi connectivity index (χ1v) is 9.92. The Kier molecular flexibility index (Phi) is 5.02. The van der Waals surface area contributed by atoms with Crippen LogP contribution in [0.15, 0.2) is 45.7 Å². The zero-order valence-electron chi connectivity index (χ0n) is 14.4. The predicted molar refractivity (Wildman–Crippen MR) is 104 cm³/mol. The normalized spacial score (nSPS) is 14.8. The largest absolute Gasteiger partial charge is 0.331 e. The number of amides is 1. The Balaban J connectivity index is 1.92. The van der Waals surface area contributed by atoms with Gasteiger partial charge < -0.3 is 10.2 Å². The fraction of sp³-hybridized carbons (Fsp3) is 0.222.